The summed E-state index contributed by atoms with van der Waals surface area (Å²) in [4.78, 5) is 13.8. The molecule has 4 atom stereocenters. The Kier molecular flexibility index (Phi) is 4.62. The second-order valence-electron chi connectivity index (χ2n) is 6.03. The average molecular weight is 253 g/mol. The van der Waals surface area contributed by atoms with Crippen LogP contribution in [0.2, 0.25) is 0 Å². The van der Waals surface area contributed by atoms with Crippen molar-refractivity contribution >= 4 is 5.91 Å². The maximum atomic E-state index is 11.3. The molecule has 2 aliphatic rings. The van der Waals surface area contributed by atoms with Crippen LogP contribution in [0.1, 0.15) is 39.0 Å². The predicted molar refractivity (Wildman–Crippen MR) is 72.8 cm³/mol. The monoisotopic (exact) mass is 253 g/mol. The lowest BCUT2D eigenvalue weighted by atomic mass is 9.76. The van der Waals surface area contributed by atoms with E-state index in [4.69, 9.17) is 11.5 Å². The number of amides is 1. The molecule has 1 aliphatic heterocycles. The lowest BCUT2D eigenvalue weighted by Gasteiger charge is -2.40. The van der Waals surface area contributed by atoms with Gasteiger partial charge in [0.15, 0.2) is 0 Å². The SMILES string of the molecule is CCC1CCC(CN)C(N2CCC(C(N)=O)C2)C1. The van der Waals surface area contributed by atoms with Crippen LogP contribution in [-0.4, -0.2) is 36.5 Å². The minimum atomic E-state index is -0.135. The van der Waals surface area contributed by atoms with E-state index in [9.17, 15) is 4.79 Å². The van der Waals surface area contributed by atoms with Crippen LogP contribution in [-0.2, 0) is 4.79 Å². The Bertz CT molecular complexity index is 295. The van der Waals surface area contributed by atoms with Crippen LogP contribution in [0.25, 0.3) is 0 Å². The first-order valence-electron chi connectivity index (χ1n) is 7.39. The first-order valence-corrected chi connectivity index (χ1v) is 7.39. The number of hydrogen-bond acceptors (Lipinski definition) is 3. The Labute approximate surface area is 110 Å². The molecule has 4 nitrogen and oxygen atoms in total. The van der Waals surface area contributed by atoms with Gasteiger partial charge in [-0.1, -0.05) is 19.8 Å². The van der Waals surface area contributed by atoms with E-state index in [0.717, 1.165) is 32.0 Å². The molecule has 0 aromatic rings. The summed E-state index contributed by atoms with van der Waals surface area (Å²) < 4.78 is 0. The highest BCUT2D eigenvalue weighted by Gasteiger charge is 2.37. The van der Waals surface area contributed by atoms with Gasteiger partial charge in [-0.3, -0.25) is 9.69 Å². The highest BCUT2D eigenvalue weighted by molar-refractivity contribution is 5.77. The fraction of sp³-hybridized carbons (Fsp3) is 0.929. The first-order chi connectivity index (χ1) is 8.65. The van der Waals surface area contributed by atoms with Crippen LogP contribution in [0, 0.1) is 17.8 Å². The third-order valence-corrected chi connectivity index (χ3v) is 5.04. The number of likely N-dealkylation sites (tertiary alicyclic amines) is 1. The molecular weight excluding hydrogens is 226 g/mol. The number of rotatable bonds is 4. The first kappa shape index (κ1) is 13.8. The molecule has 1 saturated heterocycles. The summed E-state index contributed by atoms with van der Waals surface area (Å²) in [6.45, 7) is 4.93. The quantitative estimate of drug-likeness (QED) is 0.783. The van der Waals surface area contributed by atoms with Crippen molar-refractivity contribution in [3.05, 3.63) is 0 Å². The van der Waals surface area contributed by atoms with Crippen LogP contribution in [0.5, 0.6) is 0 Å². The van der Waals surface area contributed by atoms with Gasteiger partial charge >= 0.3 is 0 Å². The molecule has 18 heavy (non-hydrogen) atoms. The van der Waals surface area contributed by atoms with Gasteiger partial charge in [-0.05, 0) is 44.2 Å². The summed E-state index contributed by atoms with van der Waals surface area (Å²) >= 11 is 0. The van der Waals surface area contributed by atoms with E-state index in [1.165, 1.54) is 25.7 Å². The van der Waals surface area contributed by atoms with Gasteiger partial charge in [0.1, 0.15) is 0 Å². The van der Waals surface area contributed by atoms with Crippen molar-refractivity contribution in [1.29, 1.82) is 0 Å². The maximum Gasteiger partial charge on any atom is 0.221 e. The smallest absolute Gasteiger partial charge is 0.221 e. The van der Waals surface area contributed by atoms with Gasteiger partial charge in [-0.25, -0.2) is 0 Å². The van der Waals surface area contributed by atoms with Crippen molar-refractivity contribution in [1.82, 2.24) is 4.90 Å². The van der Waals surface area contributed by atoms with E-state index in [2.05, 4.69) is 11.8 Å². The second-order valence-corrected chi connectivity index (χ2v) is 6.03. The maximum absolute atomic E-state index is 11.3. The third-order valence-electron chi connectivity index (χ3n) is 5.04. The van der Waals surface area contributed by atoms with Crippen LogP contribution in [0.3, 0.4) is 0 Å². The zero-order chi connectivity index (χ0) is 13.1. The Morgan fingerprint density at radius 1 is 1.33 bits per heavy atom. The zero-order valence-electron chi connectivity index (χ0n) is 11.5. The van der Waals surface area contributed by atoms with E-state index in [1.54, 1.807) is 0 Å². The van der Waals surface area contributed by atoms with Crippen molar-refractivity contribution in [2.24, 2.45) is 29.2 Å². The van der Waals surface area contributed by atoms with Crippen molar-refractivity contribution < 1.29 is 4.79 Å². The summed E-state index contributed by atoms with van der Waals surface area (Å²) in [5.74, 6) is 1.37. The fourth-order valence-electron chi connectivity index (χ4n) is 3.71. The molecule has 4 unspecified atom stereocenters. The van der Waals surface area contributed by atoms with E-state index in [-0.39, 0.29) is 11.8 Å². The highest BCUT2D eigenvalue weighted by atomic mass is 16.1. The molecule has 2 fully saturated rings. The molecule has 0 bridgehead atoms. The number of hydrogen-bond donors (Lipinski definition) is 2. The molecule has 104 valence electrons. The number of nitrogens with zero attached hydrogens (tertiary/aromatic N) is 1. The van der Waals surface area contributed by atoms with E-state index >= 15 is 0 Å². The minimum absolute atomic E-state index is 0.0606. The van der Waals surface area contributed by atoms with Gasteiger partial charge in [0.05, 0.1) is 5.92 Å². The Balaban J connectivity index is 1.98. The Morgan fingerprint density at radius 2 is 2.11 bits per heavy atom. The van der Waals surface area contributed by atoms with Gasteiger partial charge in [0, 0.05) is 12.6 Å². The molecule has 0 aromatic heterocycles. The normalized spacial score (nSPS) is 37.9. The molecule has 0 spiro atoms. The molecule has 0 aromatic carbocycles. The Hall–Kier alpha value is -0.610. The standard InChI is InChI=1S/C14H27N3O/c1-2-10-3-4-11(8-15)13(7-10)17-6-5-12(9-17)14(16)18/h10-13H,2-9,15H2,1H3,(H2,16,18). The predicted octanol–water partition coefficient (Wildman–Crippen LogP) is 0.947. The molecule has 4 N–H and O–H groups in total. The Morgan fingerprint density at radius 3 is 2.67 bits per heavy atom. The van der Waals surface area contributed by atoms with Crippen molar-refractivity contribution in [2.75, 3.05) is 19.6 Å². The zero-order valence-corrected chi connectivity index (χ0v) is 11.5. The van der Waals surface area contributed by atoms with Crippen LogP contribution in [0.15, 0.2) is 0 Å². The van der Waals surface area contributed by atoms with Crippen molar-refractivity contribution in [3.63, 3.8) is 0 Å². The molecule has 2 rings (SSSR count). The van der Waals surface area contributed by atoms with Gasteiger partial charge < -0.3 is 11.5 Å². The van der Waals surface area contributed by atoms with Gasteiger partial charge in [-0.15, -0.1) is 0 Å². The molecular formula is C14H27N3O. The second kappa shape index (κ2) is 6.02. The lowest BCUT2D eigenvalue weighted by molar-refractivity contribution is -0.121. The number of carbonyl (C=O) groups excluding carboxylic acids is 1. The lowest BCUT2D eigenvalue weighted by Crippen LogP contribution is -2.46. The number of carbonyl (C=O) groups is 1. The van der Waals surface area contributed by atoms with Crippen LogP contribution >= 0.6 is 0 Å². The van der Waals surface area contributed by atoms with Crippen LogP contribution in [0.4, 0.5) is 0 Å². The van der Waals surface area contributed by atoms with Gasteiger partial charge in [-0.2, -0.15) is 0 Å². The highest BCUT2D eigenvalue weighted by Crippen LogP contribution is 2.35. The van der Waals surface area contributed by atoms with Gasteiger partial charge in [0.2, 0.25) is 5.91 Å². The summed E-state index contributed by atoms with van der Waals surface area (Å²) in [6.07, 6.45) is 6.02. The number of primary amides is 1. The van der Waals surface area contributed by atoms with Gasteiger partial charge in [0.25, 0.3) is 0 Å². The molecule has 1 amide bonds. The molecule has 4 heteroatoms. The summed E-state index contributed by atoms with van der Waals surface area (Å²) in [5, 5.41) is 0. The molecule has 0 radical (unpaired) electrons. The topological polar surface area (TPSA) is 72.3 Å². The molecule has 1 saturated carbocycles. The molecule has 1 heterocycles. The third kappa shape index (κ3) is 2.86. The summed E-state index contributed by atoms with van der Waals surface area (Å²) in [5.41, 5.74) is 11.3. The average Bonchev–Trinajstić information content (AvgIpc) is 2.87. The number of nitrogens with two attached hydrogens (primary N) is 2. The van der Waals surface area contributed by atoms with E-state index < -0.39 is 0 Å². The van der Waals surface area contributed by atoms with Crippen molar-refractivity contribution in [3.8, 4) is 0 Å². The molecule has 1 aliphatic carbocycles. The van der Waals surface area contributed by atoms with E-state index in [1.807, 2.05) is 0 Å². The summed E-state index contributed by atoms with van der Waals surface area (Å²) in [7, 11) is 0. The van der Waals surface area contributed by atoms with Crippen LogP contribution < -0.4 is 11.5 Å². The van der Waals surface area contributed by atoms with Crippen molar-refractivity contribution in [2.45, 2.75) is 45.1 Å². The minimum Gasteiger partial charge on any atom is -0.369 e. The fourth-order valence-corrected chi connectivity index (χ4v) is 3.71. The summed E-state index contributed by atoms with van der Waals surface area (Å²) in [6, 6.07) is 0.582. The largest absolute Gasteiger partial charge is 0.369 e. The van der Waals surface area contributed by atoms with E-state index in [0.29, 0.717) is 12.0 Å².